The lowest BCUT2D eigenvalue weighted by atomic mass is 9.86. The zero-order valence-electron chi connectivity index (χ0n) is 5.72. The van der Waals surface area contributed by atoms with Crippen LogP contribution in [-0.4, -0.2) is 0 Å². The fraction of sp³-hybridized carbons (Fsp3) is 0.750. The quantitative estimate of drug-likeness (QED) is 0.420. The highest BCUT2D eigenvalue weighted by molar-refractivity contribution is 4.91. The molecule has 0 saturated carbocycles. The van der Waals surface area contributed by atoms with Gasteiger partial charge in [0.05, 0.1) is 0 Å². The van der Waals surface area contributed by atoms with Crippen molar-refractivity contribution in [2.24, 2.45) is 11.8 Å². The topological polar surface area (TPSA) is 0 Å². The summed E-state index contributed by atoms with van der Waals surface area (Å²) in [7, 11) is 0. The maximum Gasteiger partial charge on any atom is -0.0322 e. The van der Waals surface area contributed by atoms with Crippen LogP contribution in [0.15, 0.2) is 12.2 Å². The van der Waals surface area contributed by atoms with Gasteiger partial charge in [-0.05, 0) is 24.7 Å². The van der Waals surface area contributed by atoms with E-state index in [9.17, 15) is 0 Å². The lowest BCUT2D eigenvalue weighted by Crippen LogP contribution is -2.08. The number of hydrogen-bond acceptors (Lipinski definition) is 0. The van der Waals surface area contributed by atoms with Crippen LogP contribution in [0.2, 0.25) is 0 Å². The van der Waals surface area contributed by atoms with Crippen LogP contribution in [0.25, 0.3) is 0 Å². The van der Waals surface area contributed by atoms with Crippen molar-refractivity contribution in [3.8, 4) is 0 Å². The van der Waals surface area contributed by atoms with Gasteiger partial charge in [-0.2, -0.15) is 0 Å². The first-order valence-electron chi connectivity index (χ1n) is 3.45. The van der Waals surface area contributed by atoms with E-state index in [1.165, 1.54) is 12.8 Å². The van der Waals surface area contributed by atoms with Crippen LogP contribution in [0.5, 0.6) is 0 Å². The highest BCUT2D eigenvalue weighted by Gasteiger charge is 2.11. The molecule has 0 nitrogen and oxygen atoms in total. The molecule has 1 aliphatic rings. The van der Waals surface area contributed by atoms with Crippen molar-refractivity contribution < 1.29 is 0 Å². The van der Waals surface area contributed by atoms with E-state index in [2.05, 4.69) is 26.0 Å². The Kier molecular flexibility index (Phi) is 1.72. The van der Waals surface area contributed by atoms with Crippen molar-refractivity contribution >= 4 is 0 Å². The van der Waals surface area contributed by atoms with Crippen molar-refractivity contribution in [3.05, 3.63) is 12.2 Å². The van der Waals surface area contributed by atoms with Crippen molar-refractivity contribution in [1.29, 1.82) is 0 Å². The summed E-state index contributed by atoms with van der Waals surface area (Å²) in [6.07, 6.45) is 7.18. The SMILES string of the molecule is CC1CC=CCC1C. The molecule has 0 heterocycles. The van der Waals surface area contributed by atoms with Crippen LogP contribution in [0, 0.1) is 11.8 Å². The highest BCUT2D eigenvalue weighted by atomic mass is 14.2. The third-order valence-corrected chi connectivity index (χ3v) is 2.15. The molecule has 0 saturated heterocycles. The summed E-state index contributed by atoms with van der Waals surface area (Å²) < 4.78 is 0. The van der Waals surface area contributed by atoms with E-state index >= 15 is 0 Å². The summed E-state index contributed by atoms with van der Waals surface area (Å²) in [6, 6.07) is 0. The van der Waals surface area contributed by atoms with Gasteiger partial charge in [0.2, 0.25) is 0 Å². The van der Waals surface area contributed by atoms with E-state index < -0.39 is 0 Å². The van der Waals surface area contributed by atoms with Gasteiger partial charge in [-0.15, -0.1) is 0 Å². The Hall–Kier alpha value is -0.260. The van der Waals surface area contributed by atoms with Gasteiger partial charge in [0.15, 0.2) is 0 Å². The van der Waals surface area contributed by atoms with E-state index in [4.69, 9.17) is 0 Å². The monoisotopic (exact) mass is 110 g/mol. The van der Waals surface area contributed by atoms with Crippen molar-refractivity contribution in [2.75, 3.05) is 0 Å². The summed E-state index contributed by atoms with van der Waals surface area (Å²) in [5, 5.41) is 0. The van der Waals surface area contributed by atoms with Gasteiger partial charge in [-0.25, -0.2) is 0 Å². The summed E-state index contributed by atoms with van der Waals surface area (Å²) >= 11 is 0. The number of hydrogen-bond donors (Lipinski definition) is 0. The smallest absolute Gasteiger partial charge is 0.0322 e. The van der Waals surface area contributed by atoms with Crippen LogP contribution in [0.3, 0.4) is 0 Å². The molecule has 0 bridgehead atoms. The zero-order valence-corrected chi connectivity index (χ0v) is 5.72. The first-order chi connectivity index (χ1) is 3.80. The lowest BCUT2D eigenvalue weighted by molar-refractivity contribution is 0.380. The second-order valence-corrected chi connectivity index (χ2v) is 2.90. The standard InChI is InChI=1S/C8H14/c1-7-5-3-4-6-8(7)2/h3-4,7-8H,5-6H2,1-2H3. The van der Waals surface area contributed by atoms with Crippen molar-refractivity contribution in [3.63, 3.8) is 0 Å². The van der Waals surface area contributed by atoms with Crippen molar-refractivity contribution in [1.82, 2.24) is 0 Å². The minimum absolute atomic E-state index is 0.917. The predicted octanol–water partition coefficient (Wildman–Crippen LogP) is 2.61. The second-order valence-electron chi connectivity index (χ2n) is 2.90. The third kappa shape index (κ3) is 1.12. The molecule has 0 amide bonds. The van der Waals surface area contributed by atoms with E-state index in [-0.39, 0.29) is 0 Å². The minimum atomic E-state index is 0.917. The minimum Gasteiger partial charge on any atom is -0.0883 e. The van der Waals surface area contributed by atoms with E-state index in [0.29, 0.717) is 0 Å². The Labute approximate surface area is 51.6 Å². The largest absolute Gasteiger partial charge is 0.0883 e. The molecule has 0 aromatic rings. The summed E-state index contributed by atoms with van der Waals surface area (Å²) in [6.45, 7) is 4.66. The Bertz CT molecular complexity index is 80.2. The molecule has 0 radical (unpaired) electrons. The summed E-state index contributed by atoms with van der Waals surface area (Å²) in [4.78, 5) is 0. The first-order valence-corrected chi connectivity index (χ1v) is 3.45. The molecule has 46 valence electrons. The zero-order chi connectivity index (χ0) is 5.98. The maximum atomic E-state index is 2.33. The van der Waals surface area contributed by atoms with Crippen LogP contribution in [0.1, 0.15) is 26.7 Å². The molecule has 0 aliphatic heterocycles. The van der Waals surface area contributed by atoms with Crippen LogP contribution in [0.4, 0.5) is 0 Å². The molecule has 0 aromatic heterocycles. The van der Waals surface area contributed by atoms with Gasteiger partial charge >= 0.3 is 0 Å². The molecule has 2 unspecified atom stereocenters. The van der Waals surface area contributed by atoms with Crippen LogP contribution in [-0.2, 0) is 0 Å². The number of rotatable bonds is 0. The fourth-order valence-electron chi connectivity index (χ4n) is 1.09. The average Bonchev–Trinajstić information content (AvgIpc) is 1.77. The normalized spacial score (nSPS) is 37.8. The molecular formula is C8H14. The summed E-state index contributed by atoms with van der Waals surface area (Å²) in [5.74, 6) is 1.83. The molecule has 1 rings (SSSR count). The predicted molar refractivity (Wildman–Crippen MR) is 36.7 cm³/mol. The average molecular weight is 110 g/mol. The van der Waals surface area contributed by atoms with E-state index in [1.54, 1.807) is 0 Å². The summed E-state index contributed by atoms with van der Waals surface area (Å²) in [5.41, 5.74) is 0. The molecule has 2 atom stereocenters. The molecule has 0 aromatic carbocycles. The third-order valence-electron chi connectivity index (χ3n) is 2.15. The molecule has 0 spiro atoms. The van der Waals surface area contributed by atoms with Crippen molar-refractivity contribution in [2.45, 2.75) is 26.7 Å². The van der Waals surface area contributed by atoms with Gasteiger partial charge in [0.25, 0.3) is 0 Å². The Morgan fingerprint density at radius 1 is 1.00 bits per heavy atom. The molecule has 0 N–H and O–H groups in total. The molecule has 0 heteroatoms. The van der Waals surface area contributed by atoms with Gasteiger partial charge < -0.3 is 0 Å². The Morgan fingerprint density at radius 3 is 1.62 bits per heavy atom. The van der Waals surface area contributed by atoms with E-state index in [0.717, 1.165) is 11.8 Å². The molecule has 0 fully saturated rings. The van der Waals surface area contributed by atoms with E-state index in [1.807, 2.05) is 0 Å². The Morgan fingerprint density at radius 2 is 1.38 bits per heavy atom. The first kappa shape index (κ1) is 5.87. The van der Waals surface area contributed by atoms with Crippen LogP contribution < -0.4 is 0 Å². The van der Waals surface area contributed by atoms with Gasteiger partial charge in [0, 0.05) is 0 Å². The molecule has 8 heavy (non-hydrogen) atoms. The number of allylic oxidation sites excluding steroid dienone is 2. The second kappa shape index (κ2) is 2.34. The highest BCUT2D eigenvalue weighted by Crippen LogP contribution is 2.23. The van der Waals surface area contributed by atoms with Gasteiger partial charge in [0.1, 0.15) is 0 Å². The molecular weight excluding hydrogens is 96.1 g/mol. The maximum absolute atomic E-state index is 2.33. The van der Waals surface area contributed by atoms with Gasteiger partial charge in [-0.3, -0.25) is 0 Å². The fourth-order valence-corrected chi connectivity index (χ4v) is 1.09. The van der Waals surface area contributed by atoms with Crippen LogP contribution >= 0.6 is 0 Å². The Balaban J connectivity index is 2.44. The molecule has 1 aliphatic carbocycles. The lowest BCUT2D eigenvalue weighted by Gasteiger charge is -2.19. The van der Waals surface area contributed by atoms with Gasteiger partial charge in [-0.1, -0.05) is 26.0 Å².